The predicted molar refractivity (Wildman–Crippen MR) is 144 cm³/mol. The van der Waals surface area contributed by atoms with E-state index in [4.69, 9.17) is 4.98 Å². The van der Waals surface area contributed by atoms with Crippen molar-refractivity contribution < 1.29 is 0 Å². The molecule has 2 aromatic rings. The van der Waals surface area contributed by atoms with Gasteiger partial charge in [-0.1, -0.05) is 13.2 Å². The molecule has 0 atom stereocenters. The van der Waals surface area contributed by atoms with Crippen LogP contribution in [0.1, 0.15) is 21.1 Å². The van der Waals surface area contributed by atoms with E-state index in [-0.39, 0.29) is 0 Å². The van der Waals surface area contributed by atoms with Gasteiger partial charge in [-0.05, 0) is 59.3 Å². The van der Waals surface area contributed by atoms with E-state index in [1.165, 1.54) is 9.75 Å². The van der Waals surface area contributed by atoms with E-state index >= 15 is 0 Å². The van der Waals surface area contributed by atoms with Gasteiger partial charge in [0.05, 0.1) is 44.4 Å². The second-order valence-electron chi connectivity index (χ2n) is 7.64. The molecule has 2 aromatic heterocycles. The largest absolute Gasteiger partial charge is 0.316 e. The zero-order valence-corrected chi connectivity index (χ0v) is 19.8. The summed E-state index contributed by atoms with van der Waals surface area (Å²) in [6, 6.07) is 4.20. The first-order chi connectivity index (χ1) is 16.7. The van der Waals surface area contributed by atoms with Crippen LogP contribution in [-0.2, 0) is 0 Å². The van der Waals surface area contributed by atoms with Gasteiger partial charge in [-0.15, -0.1) is 22.7 Å². The summed E-state index contributed by atoms with van der Waals surface area (Å²) < 4.78 is 0. The van der Waals surface area contributed by atoms with Crippen molar-refractivity contribution in [3.05, 3.63) is 112 Å². The van der Waals surface area contributed by atoms with Gasteiger partial charge in [0.2, 0.25) is 0 Å². The first-order valence-electron chi connectivity index (χ1n) is 10.6. The molecule has 7 heteroatoms. The summed E-state index contributed by atoms with van der Waals surface area (Å²) in [5.41, 5.74) is 7.47. The lowest BCUT2D eigenvalue weighted by atomic mass is 10.1. The number of hydrogen-bond acceptors (Lipinski definition) is 7. The maximum atomic E-state index is 4.76. The second kappa shape index (κ2) is 8.37. The van der Waals surface area contributed by atoms with Crippen LogP contribution in [0.25, 0.3) is 35.6 Å². The quantitative estimate of drug-likeness (QED) is 0.313. The predicted octanol–water partition coefficient (Wildman–Crippen LogP) is 7.14. The summed E-state index contributed by atoms with van der Waals surface area (Å²) in [7, 11) is 0. The van der Waals surface area contributed by atoms with E-state index < -0.39 is 0 Å². The maximum Gasteiger partial charge on any atom is 0.0991 e. The minimum atomic E-state index is 0.758. The Hall–Kier alpha value is -4.07. The highest BCUT2D eigenvalue weighted by molar-refractivity contribution is 7.11. The Morgan fingerprint density at radius 3 is 1.97 bits per heavy atom. The van der Waals surface area contributed by atoms with Crippen molar-refractivity contribution in [2.75, 3.05) is 9.80 Å². The molecule has 6 heterocycles. The Morgan fingerprint density at radius 2 is 1.32 bits per heavy atom. The summed E-state index contributed by atoms with van der Waals surface area (Å²) in [4.78, 5) is 20.6. The Balaban J connectivity index is 1.36. The number of anilines is 2. The number of thiophene rings is 2. The summed E-state index contributed by atoms with van der Waals surface area (Å²) in [6.07, 6.45) is 21.5. The third-order valence-electron chi connectivity index (χ3n) is 5.72. The third kappa shape index (κ3) is 3.42. The van der Waals surface area contributed by atoms with Gasteiger partial charge < -0.3 is 9.80 Å². The van der Waals surface area contributed by atoms with Gasteiger partial charge in [0.25, 0.3) is 0 Å². The molecule has 0 saturated heterocycles. The molecular formula is C27H19N5S2. The van der Waals surface area contributed by atoms with Crippen molar-refractivity contribution in [2.24, 2.45) is 0 Å². The van der Waals surface area contributed by atoms with Crippen LogP contribution in [0.2, 0.25) is 0 Å². The van der Waals surface area contributed by atoms with Crippen molar-refractivity contribution in [1.29, 1.82) is 0 Å². The minimum absolute atomic E-state index is 0.758. The smallest absolute Gasteiger partial charge is 0.0991 e. The van der Waals surface area contributed by atoms with E-state index in [9.17, 15) is 0 Å². The van der Waals surface area contributed by atoms with Gasteiger partial charge >= 0.3 is 0 Å². The van der Waals surface area contributed by atoms with Gasteiger partial charge in [-0.3, -0.25) is 15.0 Å². The Bertz CT molecular complexity index is 1520. The molecule has 0 fully saturated rings. The van der Waals surface area contributed by atoms with Gasteiger partial charge in [-0.25, -0.2) is 0 Å². The highest BCUT2D eigenvalue weighted by atomic mass is 32.1. The van der Waals surface area contributed by atoms with Crippen molar-refractivity contribution in [1.82, 2.24) is 15.0 Å². The van der Waals surface area contributed by atoms with E-state index in [0.717, 1.165) is 45.4 Å². The van der Waals surface area contributed by atoms with Gasteiger partial charge in [0.1, 0.15) is 0 Å². The molecule has 0 unspecified atom stereocenters. The van der Waals surface area contributed by atoms with Gasteiger partial charge in [-0.2, -0.15) is 0 Å². The van der Waals surface area contributed by atoms with E-state index in [2.05, 4.69) is 80.1 Å². The summed E-state index contributed by atoms with van der Waals surface area (Å²) in [5, 5.41) is 4.17. The van der Waals surface area contributed by atoms with E-state index in [1.807, 2.05) is 36.9 Å². The molecule has 164 valence electrons. The fourth-order valence-corrected chi connectivity index (χ4v) is 5.66. The van der Waals surface area contributed by atoms with Gasteiger partial charge in [0.15, 0.2) is 0 Å². The molecule has 4 aliphatic heterocycles. The zero-order chi connectivity index (χ0) is 23.1. The van der Waals surface area contributed by atoms with Crippen molar-refractivity contribution in [2.45, 2.75) is 0 Å². The monoisotopic (exact) mass is 477 g/mol. The summed E-state index contributed by atoms with van der Waals surface area (Å²) >= 11 is 3.42. The number of nitrogens with zero attached hydrogens (tertiary/aromatic N) is 5. The fourth-order valence-electron chi connectivity index (χ4n) is 4.10. The summed E-state index contributed by atoms with van der Waals surface area (Å²) in [5.74, 6) is 0. The molecule has 0 radical (unpaired) electrons. The van der Waals surface area contributed by atoms with Crippen LogP contribution >= 0.6 is 22.7 Å². The SMILES string of the molecule is C=CN1/C(=C/c2cnc3c(/C=C4\C=Cc5sccc5N4C=C)ncc-3cn2)C=Cc2sccc21. The van der Waals surface area contributed by atoms with Crippen molar-refractivity contribution >= 4 is 58.4 Å². The summed E-state index contributed by atoms with van der Waals surface area (Å²) in [6.45, 7) is 7.98. The number of allylic oxidation sites excluding steroid dienone is 2. The zero-order valence-electron chi connectivity index (χ0n) is 18.1. The second-order valence-corrected chi connectivity index (χ2v) is 9.53. The normalized spacial score (nSPS) is 16.8. The van der Waals surface area contributed by atoms with Gasteiger partial charge in [0, 0.05) is 41.8 Å². The van der Waals surface area contributed by atoms with Crippen LogP contribution in [-0.4, -0.2) is 15.0 Å². The molecule has 0 amide bonds. The first-order valence-corrected chi connectivity index (χ1v) is 12.4. The third-order valence-corrected chi connectivity index (χ3v) is 7.46. The van der Waals surface area contributed by atoms with Crippen LogP contribution in [0.5, 0.6) is 0 Å². The average molecular weight is 478 g/mol. The maximum absolute atomic E-state index is 4.76. The van der Waals surface area contributed by atoms with Crippen LogP contribution in [0.15, 0.2) is 90.6 Å². The lowest BCUT2D eigenvalue weighted by Gasteiger charge is -2.24. The Kier molecular flexibility index (Phi) is 5.05. The molecule has 4 aliphatic rings. The highest BCUT2D eigenvalue weighted by Crippen LogP contribution is 2.37. The molecule has 0 spiro atoms. The molecule has 0 saturated carbocycles. The number of fused-ring (bicyclic) bond motifs is 3. The van der Waals surface area contributed by atoms with Crippen LogP contribution < -0.4 is 9.80 Å². The topological polar surface area (TPSA) is 45.2 Å². The standard InChI is InChI=1S/C27H19N5S2/c1-3-31-20(5-7-25-23(31)9-11-33-25)13-19-17-30-27-18(15-28-19)16-29-22(27)14-21-6-8-26-24(10-12-34-26)32(21)4-2/h3-17H,1-2H2/b20-13+,21-14+. The molecule has 0 aliphatic carbocycles. The number of aromatic nitrogens is 3. The first kappa shape index (κ1) is 20.5. The molecule has 6 rings (SSSR count). The molecule has 0 bridgehead atoms. The molecule has 0 N–H and O–H groups in total. The number of hydrogen-bond donors (Lipinski definition) is 0. The lowest BCUT2D eigenvalue weighted by molar-refractivity contribution is 1.20. The molecule has 34 heavy (non-hydrogen) atoms. The molecular weight excluding hydrogens is 458 g/mol. The molecule has 5 nitrogen and oxygen atoms in total. The Morgan fingerprint density at radius 1 is 0.706 bits per heavy atom. The lowest BCUT2D eigenvalue weighted by Crippen LogP contribution is -2.15. The van der Waals surface area contributed by atoms with E-state index in [1.54, 1.807) is 28.9 Å². The van der Waals surface area contributed by atoms with Crippen LogP contribution in [0, 0.1) is 0 Å². The van der Waals surface area contributed by atoms with Crippen molar-refractivity contribution in [3.8, 4) is 11.3 Å². The highest BCUT2D eigenvalue weighted by Gasteiger charge is 2.19. The molecule has 0 aromatic carbocycles. The van der Waals surface area contributed by atoms with Crippen molar-refractivity contribution in [3.63, 3.8) is 0 Å². The minimum Gasteiger partial charge on any atom is -0.316 e. The van der Waals surface area contributed by atoms with Crippen LogP contribution in [0.3, 0.4) is 0 Å². The average Bonchev–Trinajstić information content (AvgIpc) is 3.58. The van der Waals surface area contributed by atoms with Crippen LogP contribution in [0.4, 0.5) is 11.4 Å². The Labute approximate surface area is 205 Å². The van der Waals surface area contributed by atoms with E-state index in [0.29, 0.717) is 0 Å². The fraction of sp³-hybridized carbons (Fsp3) is 0. The number of rotatable bonds is 4.